The first kappa shape index (κ1) is 21.1. The molecule has 3 heterocycles. The molecule has 1 aliphatic heterocycles. The third-order valence-electron chi connectivity index (χ3n) is 8.83. The Morgan fingerprint density at radius 2 is 2.00 bits per heavy atom. The number of nitrogens with one attached hydrogen (secondary N) is 1. The molecule has 4 aliphatic rings. The number of carboxylic acids is 1. The standard InChI is InChI=1S/C28H28FN3O3/c1-16-8-19(2-3-22(16)29)32-24-9-18-12-30-31-23(18)10-20(24)21(25(32)17-4-6-35-7-5-17)11-27-13-28(14-27,15-27)26(33)34/h2-3,8-10,12,17H,4-7,11,13-15H2,1H3,(H,30,31)(H,33,34). The van der Waals surface area contributed by atoms with Crippen molar-refractivity contribution in [1.29, 1.82) is 0 Å². The molecule has 35 heavy (non-hydrogen) atoms. The number of H-pyrrole nitrogens is 1. The zero-order valence-electron chi connectivity index (χ0n) is 19.7. The average molecular weight is 474 g/mol. The normalized spacial score (nSPS) is 26.1. The van der Waals surface area contributed by atoms with Gasteiger partial charge in [-0.1, -0.05) is 0 Å². The third kappa shape index (κ3) is 2.97. The largest absolute Gasteiger partial charge is 0.481 e. The summed E-state index contributed by atoms with van der Waals surface area (Å²) in [5.74, 6) is -0.524. The molecule has 8 rings (SSSR count). The molecule has 0 spiro atoms. The zero-order chi connectivity index (χ0) is 23.9. The Morgan fingerprint density at radius 1 is 1.23 bits per heavy atom. The highest BCUT2D eigenvalue weighted by atomic mass is 19.1. The van der Waals surface area contributed by atoms with Crippen LogP contribution in [-0.4, -0.2) is 39.1 Å². The van der Waals surface area contributed by atoms with E-state index in [9.17, 15) is 14.3 Å². The van der Waals surface area contributed by atoms with Crippen molar-refractivity contribution in [2.75, 3.05) is 13.2 Å². The van der Waals surface area contributed by atoms with E-state index in [1.165, 1.54) is 16.6 Å². The summed E-state index contributed by atoms with van der Waals surface area (Å²) >= 11 is 0. The first-order chi connectivity index (χ1) is 16.9. The lowest BCUT2D eigenvalue weighted by Gasteiger charge is -2.68. The van der Waals surface area contributed by atoms with E-state index in [1.807, 2.05) is 18.3 Å². The molecule has 0 radical (unpaired) electrons. The molecular weight excluding hydrogens is 445 g/mol. The number of halogens is 1. The van der Waals surface area contributed by atoms with Gasteiger partial charge in [0.2, 0.25) is 0 Å². The van der Waals surface area contributed by atoms with Gasteiger partial charge in [-0.25, -0.2) is 4.39 Å². The molecule has 4 fully saturated rings. The van der Waals surface area contributed by atoms with E-state index in [-0.39, 0.29) is 11.2 Å². The van der Waals surface area contributed by atoms with E-state index in [0.29, 0.717) is 11.5 Å². The summed E-state index contributed by atoms with van der Waals surface area (Å²) in [6, 6.07) is 9.73. The van der Waals surface area contributed by atoms with Gasteiger partial charge >= 0.3 is 5.97 Å². The minimum Gasteiger partial charge on any atom is -0.481 e. The van der Waals surface area contributed by atoms with Crippen molar-refractivity contribution in [1.82, 2.24) is 14.8 Å². The second-order valence-electron chi connectivity index (χ2n) is 11.1. The van der Waals surface area contributed by atoms with Crippen LogP contribution in [0.2, 0.25) is 0 Å². The number of aromatic amines is 1. The first-order valence-electron chi connectivity index (χ1n) is 12.5. The maximum atomic E-state index is 14.3. The predicted molar refractivity (Wildman–Crippen MR) is 130 cm³/mol. The van der Waals surface area contributed by atoms with Crippen LogP contribution in [0.5, 0.6) is 0 Å². The molecular formula is C28H28FN3O3. The van der Waals surface area contributed by atoms with Crippen LogP contribution in [0.3, 0.4) is 0 Å². The van der Waals surface area contributed by atoms with Gasteiger partial charge in [0, 0.05) is 41.3 Å². The average Bonchev–Trinajstić information content (AvgIpc) is 3.37. The highest BCUT2D eigenvalue weighted by molar-refractivity contribution is 5.99. The Balaban J connectivity index is 1.47. The monoisotopic (exact) mass is 473 g/mol. The second-order valence-corrected chi connectivity index (χ2v) is 11.1. The zero-order valence-corrected chi connectivity index (χ0v) is 19.7. The Bertz CT molecular complexity index is 1490. The van der Waals surface area contributed by atoms with Gasteiger partial charge in [-0.15, -0.1) is 0 Å². The number of rotatable bonds is 5. The van der Waals surface area contributed by atoms with Crippen LogP contribution in [0.4, 0.5) is 4.39 Å². The fourth-order valence-electron chi connectivity index (χ4n) is 7.23. The third-order valence-corrected chi connectivity index (χ3v) is 8.83. The molecule has 6 nitrogen and oxygen atoms in total. The van der Waals surface area contributed by atoms with Gasteiger partial charge in [0.1, 0.15) is 5.82 Å². The van der Waals surface area contributed by atoms with Crippen molar-refractivity contribution in [2.45, 2.75) is 51.4 Å². The summed E-state index contributed by atoms with van der Waals surface area (Å²) in [4.78, 5) is 11.8. The Morgan fingerprint density at radius 3 is 2.71 bits per heavy atom. The number of carbonyl (C=O) groups is 1. The Kier molecular flexibility index (Phi) is 4.32. The van der Waals surface area contributed by atoms with E-state index in [1.54, 1.807) is 13.0 Å². The molecule has 0 atom stereocenters. The number of hydrogen-bond acceptors (Lipinski definition) is 3. The lowest BCUT2D eigenvalue weighted by atomic mass is 9.34. The molecule has 180 valence electrons. The van der Waals surface area contributed by atoms with Crippen LogP contribution in [-0.2, 0) is 16.0 Å². The Hall–Kier alpha value is -3.19. The predicted octanol–water partition coefficient (Wildman–Crippen LogP) is 5.65. The minimum atomic E-state index is -0.646. The van der Waals surface area contributed by atoms with E-state index in [0.717, 1.165) is 73.8 Å². The van der Waals surface area contributed by atoms with Crippen LogP contribution in [0.25, 0.3) is 27.5 Å². The van der Waals surface area contributed by atoms with Crippen molar-refractivity contribution in [3.63, 3.8) is 0 Å². The number of hydrogen-bond donors (Lipinski definition) is 2. The van der Waals surface area contributed by atoms with Crippen molar-refractivity contribution in [2.24, 2.45) is 10.8 Å². The maximum absolute atomic E-state index is 14.3. The van der Waals surface area contributed by atoms with Gasteiger partial charge in [0.15, 0.2) is 0 Å². The van der Waals surface area contributed by atoms with Gasteiger partial charge in [-0.2, -0.15) is 5.10 Å². The summed E-state index contributed by atoms with van der Waals surface area (Å²) in [5, 5.41) is 19.3. The quantitative estimate of drug-likeness (QED) is 0.393. The van der Waals surface area contributed by atoms with Crippen molar-refractivity contribution >= 4 is 27.8 Å². The lowest BCUT2D eigenvalue weighted by molar-refractivity contribution is -0.222. The SMILES string of the molecule is Cc1cc(-n2c(C3CCOCC3)c(CC34CC(C(=O)O)(C3)C4)c3cc4[nH]ncc4cc32)ccc1F. The maximum Gasteiger partial charge on any atom is 0.309 e. The Labute approximate surface area is 202 Å². The highest BCUT2D eigenvalue weighted by Gasteiger charge is 2.71. The topological polar surface area (TPSA) is 80.1 Å². The fraction of sp³-hybridized carbons (Fsp3) is 0.429. The molecule has 2 N–H and O–H groups in total. The van der Waals surface area contributed by atoms with Crippen molar-refractivity contribution < 1.29 is 19.0 Å². The molecule has 4 aromatic rings. The van der Waals surface area contributed by atoms with Gasteiger partial charge in [-0.3, -0.25) is 9.89 Å². The second kappa shape index (κ2) is 7.17. The number of carboxylic acid groups (broad SMARTS) is 1. The molecule has 3 aliphatic carbocycles. The van der Waals surface area contributed by atoms with E-state index in [4.69, 9.17) is 4.74 Å². The molecule has 0 amide bonds. The van der Waals surface area contributed by atoms with E-state index in [2.05, 4.69) is 26.9 Å². The highest BCUT2D eigenvalue weighted by Crippen LogP contribution is 2.74. The molecule has 2 aromatic carbocycles. The smallest absolute Gasteiger partial charge is 0.309 e. The molecule has 2 bridgehead atoms. The van der Waals surface area contributed by atoms with Crippen LogP contribution in [0.15, 0.2) is 36.5 Å². The number of fused-ring (bicyclic) bond motifs is 2. The minimum absolute atomic E-state index is 0.0685. The molecule has 2 aromatic heterocycles. The summed E-state index contributed by atoms with van der Waals surface area (Å²) in [6.45, 7) is 3.26. The lowest BCUT2D eigenvalue weighted by Crippen LogP contribution is -2.66. The van der Waals surface area contributed by atoms with Crippen molar-refractivity contribution in [3.8, 4) is 5.69 Å². The molecule has 1 saturated heterocycles. The van der Waals surface area contributed by atoms with E-state index < -0.39 is 11.4 Å². The van der Waals surface area contributed by atoms with Crippen molar-refractivity contribution in [3.05, 3.63) is 59.2 Å². The fourth-order valence-corrected chi connectivity index (χ4v) is 7.23. The van der Waals surface area contributed by atoms with Crippen LogP contribution >= 0.6 is 0 Å². The molecule has 0 unspecified atom stereocenters. The van der Waals surface area contributed by atoms with E-state index >= 15 is 0 Å². The number of ether oxygens (including phenoxy) is 1. The number of aromatic nitrogens is 3. The summed E-state index contributed by atoms with van der Waals surface area (Å²) in [7, 11) is 0. The number of aryl methyl sites for hydroxylation is 1. The first-order valence-corrected chi connectivity index (χ1v) is 12.5. The summed E-state index contributed by atoms with van der Waals surface area (Å²) in [5.41, 5.74) is 5.83. The molecule has 7 heteroatoms. The van der Waals surface area contributed by atoms with Gasteiger partial charge in [-0.05, 0) is 92.3 Å². The number of nitrogens with zero attached hydrogens (tertiary/aromatic N) is 2. The number of aliphatic carboxylic acids is 1. The van der Waals surface area contributed by atoms with Crippen LogP contribution < -0.4 is 0 Å². The summed E-state index contributed by atoms with van der Waals surface area (Å²) < 4.78 is 22.3. The van der Waals surface area contributed by atoms with Gasteiger partial charge in [0.25, 0.3) is 0 Å². The van der Waals surface area contributed by atoms with Gasteiger partial charge in [0.05, 0.1) is 22.6 Å². The van der Waals surface area contributed by atoms with Crippen LogP contribution in [0, 0.1) is 23.6 Å². The van der Waals surface area contributed by atoms with Crippen LogP contribution in [0.1, 0.15) is 54.8 Å². The van der Waals surface area contributed by atoms with Gasteiger partial charge < -0.3 is 14.4 Å². The number of benzene rings is 2. The summed E-state index contributed by atoms with van der Waals surface area (Å²) in [6.07, 6.45) is 6.88. The molecule has 3 saturated carbocycles.